The van der Waals surface area contributed by atoms with E-state index in [1.807, 2.05) is 0 Å². The second-order valence-corrected chi connectivity index (χ2v) is 0.454. The zero-order valence-corrected chi connectivity index (χ0v) is 5.72. The van der Waals surface area contributed by atoms with Crippen LogP contribution < -0.4 is 34.7 Å². The van der Waals surface area contributed by atoms with Crippen molar-refractivity contribution in [2.24, 2.45) is 0 Å². The van der Waals surface area contributed by atoms with E-state index >= 15 is 0 Å². The fraction of sp³-hybridized carbons (Fsp3) is 0. The van der Waals surface area contributed by atoms with Gasteiger partial charge >= 0.3 is 29.6 Å². The van der Waals surface area contributed by atoms with Gasteiger partial charge in [0, 0.05) is 0 Å². The number of hydrogen-bond acceptors (Lipinski definition) is 3. The second kappa shape index (κ2) is 5.33. The van der Waals surface area contributed by atoms with Gasteiger partial charge in [0.15, 0.2) is 0 Å². The summed E-state index contributed by atoms with van der Waals surface area (Å²) in [6.45, 7) is 0. The number of carboxylic acid groups (broad SMARTS) is 1. The van der Waals surface area contributed by atoms with Crippen molar-refractivity contribution in [3.8, 4) is 0 Å². The van der Waals surface area contributed by atoms with Crippen molar-refractivity contribution < 1.29 is 44.1 Å². The molecule has 0 heterocycles. The molecular weight excluding hydrogens is 93.8 g/mol. The molecule has 0 aliphatic carbocycles. The maximum Gasteiger partial charge on any atom is 1.00 e. The molecule has 0 atom stereocenters. The van der Waals surface area contributed by atoms with Crippen molar-refractivity contribution in [1.29, 1.82) is 0 Å². The second-order valence-electron chi connectivity index (χ2n) is 0.454. The van der Waals surface area contributed by atoms with Crippen LogP contribution in [0.25, 0.3) is 0 Å². The van der Waals surface area contributed by atoms with Gasteiger partial charge in [-0.3, -0.25) is 0 Å². The van der Waals surface area contributed by atoms with E-state index in [4.69, 9.17) is 9.90 Å². The van der Waals surface area contributed by atoms with Gasteiger partial charge in [-0.25, -0.2) is 0 Å². The van der Waals surface area contributed by atoms with Crippen LogP contribution in [-0.4, -0.2) is 14.2 Å². The van der Waals surface area contributed by atoms with Crippen LogP contribution in [0.4, 0.5) is 4.79 Å². The zero-order chi connectivity index (χ0) is 4.28. The van der Waals surface area contributed by atoms with Crippen molar-refractivity contribution in [3.05, 3.63) is 0 Å². The standard InChI is InChI=1S/CH3BO3.Na/c2-5-1(3)4;/h2H2,(H,3,4);/q;+1/p-1. The minimum absolute atomic E-state index is 0. The van der Waals surface area contributed by atoms with Crippen molar-refractivity contribution in [1.82, 2.24) is 0 Å². The quantitative estimate of drug-likeness (QED) is 0.283. The summed E-state index contributed by atoms with van der Waals surface area (Å²) in [5, 5.41) is 9.03. The van der Waals surface area contributed by atoms with Crippen LogP contribution in [-0.2, 0) is 4.65 Å². The van der Waals surface area contributed by atoms with E-state index in [1.54, 1.807) is 0 Å². The molecule has 0 aromatic carbocycles. The predicted molar refractivity (Wildman–Crippen MR) is 15.0 cm³/mol. The first kappa shape index (κ1) is 9.59. The maximum atomic E-state index is 9.03. The molecule has 0 aromatic heterocycles. The summed E-state index contributed by atoms with van der Waals surface area (Å²) >= 11 is 0. The van der Waals surface area contributed by atoms with E-state index in [0.29, 0.717) is 0 Å². The molecule has 0 N–H and O–H groups in total. The molecule has 0 saturated heterocycles. The van der Waals surface area contributed by atoms with E-state index in [1.165, 1.54) is 0 Å². The molecule has 0 aromatic rings. The summed E-state index contributed by atoms with van der Waals surface area (Å²) in [5.41, 5.74) is 0. The summed E-state index contributed by atoms with van der Waals surface area (Å²) in [7, 11) is 1.04. The van der Waals surface area contributed by atoms with Gasteiger partial charge in [-0.05, 0) is 0 Å². The number of carbonyl (C=O) groups excluding carboxylic acids is 1. The van der Waals surface area contributed by atoms with Gasteiger partial charge in [-0.15, -0.1) is 0 Å². The molecular formula is CH2BNaO3. The summed E-state index contributed by atoms with van der Waals surface area (Å²) in [4.78, 5) is 9.03. The molecule has 28 valence electrons. The van der Waals surface area contributed by atoms with Crippen molar-refractivity contribution in [2.45, 2.75) is 0 Å². The predicted octanol–water partition coefficient (Wildman–Crippen LogP) is -5.10. The van der Waals surface area contributed by atoms with Crippen LogP contribution in [0.15, 0.2) is 0 Å². The van der Waals surface area contributed by atoms with Crippen LogP contribution in [0, 0.1) is 0 Å². The Bertz CT molecular complexity index is 46.1. The first-order valence-electron chi connectivity index (χ1n) is 1.02. The van der Waals surface area contributed by atoms with Crippen molar-refractivity contribution >= 4 is 14.2 Å². The molecule has 0 unspecified atom stereocenters. The third-order valence-corrected chi connectivity index (χ3v) is 0.167. The average Bonchev–Trinajstić information content (AvgIpc) is 1.38. The van der Waals surface area contributed by atoms with Crippen LogP contribution >= 0.6 is 0 Å². The third-order valence-electron chi connectivity index (χ3n) is 0.167. The van der Waals surface area contributed by atoms with Crippen molar-refractivity contribution in [2.75, 3.05) is 0 Å². The molecule has 6 heavy (non-hydrogen) atoms. The molecule has 0 aliphatic heterocycles. The Balaban J connectivity index is 0. The zero-order valence-electron chi connectivity index (χ0n) is 3.72. The molecule has 0 saturated carbocycles. The van der Waals surface area contributed by atoms with Gasteiger partial charge in [0.2, 0.25) is 14.2 Å². The van der Waals surface area contributed by atoms with E-state index in [2.05, 4.69) is 4.65 Å². The maximum absolute atomic E-state index is 9.03. The average molecular weight is 95.8 g/mol. The Labute approximate surface area is 58.4 Å². The molecule has 0 spiro atoms. The molecule has 5 heteroatoms. The van der Waals surface area contributed by atoms with Crippen LogP contribution in [0.3, 0.4) is 0 Å². The summed E-state index contributed by atoms with van der Waals surface area (Å²) < 4.78 is 3.56. The Kier molecular flexibility index (Phi) is 8.53. The Morgan fingerprint density at radius 3 is 2.00 bits per heavy atom. The normalized spacial score (nSPS) is 5.33. The number of hydrogen-bond donors (Lipinski definition) is 0. The molecule has 0 aliphatic rings. The van der Waals surface area contributed by atoms with Gasteiger partial charge in [-0.1, -0.05) is 0 Å². The molecule has 0 amide bonds. The monoisotopic (exact) mass is 96.0 g/mol. The van der Waals surface area contributed by atoms with Crippen LogP contribution in [0.2, 0.25) is 0 Å². The first-order chi connectivity index (χ1) is 2.27. The van der Waals surface area contributed by atoms with E-state index in [-0.39, 0.29) is 29.6 Å². The Morgan fingerprint density at radius 2 is 2.00 bits per heavy atom. The van der Waals surface area contributed by atoms with Gasteiger partial charge in [0.1, 0.15) is 0 Å². The minimum atomic E-state index is -1.50. The van der Waals surface area contributed by atoms with Gasteiger partial charge in [0.25, 0.3) is 0 Å². The van der Waals surface area contributed by atoms with E-state index < -0.39 is 6.16 Å². The van der Waals surface area contributed by atoms with Gasteiger partial charge < -0.3 is 14.6 Å². The van der Waals surface area contributed by atoms with Gasteiger partial charge in [0.05, 0.1) is 0 Å². The topological polar surface area (TPSA) is 49.4 Å². The number of carbonyl (C=O) groups is 1. The minimum Gasteiger partial charge on any atom is -0.610 e. The van der Waals surface area contributed by atoms with Crippen molar-refractivity contribution in [3.63, 3.8) is 0 Å². The SMILES string of the molecule is BOC(=O)[O-].[Na+]. The fourth-order valence-corrected chi connectivity index (χ4v) is 0. The fourth-order valence-electron chi connectivity index (χ4n) is 0. The number of rotatable bonds is 0. The summed E-state index contributed by atoms with van der Waals surface area (Å²) in [6, 6.07) is 0. The third kappa shape index (κ3) is 8.84. The molecule has 0 bridgehead atoms. The molecule has 3 nitrogen and oxygen atoms in total. The van der Waals surface area contributed by atoms with Gasteiger partial charge in [-0.2, -0.15) is 0 Å². The van der Waals surface area contributed by atoms with Crippen LogP contribution in [0.1, 0.15) is 0 Å². The first-order valence-corrected chi connectivity index (χ1v) is 1.02. The van der Waals surface area contributed by atoms with Crippen LogP contribution in [0.5, 0.6) is 0 Å². The molecule has 0 rings (SSSR count). The van der Waals surface area contributed by atoms with E-state index in [0.717, 1.165) is 8.05 Å². The summed E-state index contributed by atoms with van der Waals surface area (Å²) in [6.07, 6.45) is -1.50. The van der Waals surface area contributed by atoms with E-state index in [9.17, 15) is 0 Å². The molecule has 0 radical (unpaired) electrons. The molecule has 0 fully saturated rings. The smallest absolute Gasteiger partial charge is 0.610 e. The largest absolute Gasteiger partial charge is 1.00 e. The Hall–Kier alpha value is 0.335. The summed E-state index contributed by atoms with van der Waals surface area (Å²) in [5.74, 6) is 0. The Morgan fingerprint density at radius 1 is 1.83 bits per heavy atom.